The third-order valence-electron chi connectivity index (χ3n) is 3.40. The van der Waals surface area contributed by atoms with Gasteiger partial charge in [-0.05, 0) is 25.7 Å². The zero-order valence-corrected chi connectivity index (χ0v) is 8.49. The molecule has 0 spiro atoms. The Labute approximate surface area is 83.8 Å². The summed E-state index contributed by atoms with van der Waals surface area (Å²) in [6.45, 7) is 1.42. The molecule has 0 heterocycles. The van der Waals surface area contributed by atoms with Crippen LogP contribution in [-0.4, -0.2) is 17.9 Å². The first-order chi connectivity index (χ1) is 6.68. The number of carbonyl (C=O) groups is 2. The minimum Gasteiger partial charge on any atom is -0.462 e. The molecule has 3 heteroatoms. The van der Waals surface area contributed by atoms with E-state index in [1.165, 1.54) is 6.92 Å². The molecule has 0 amide bonds. The van der Waals surface area contributed by atoms with Crippen molar-refractivity contribution in [3.8, 4) is 0 Å². The summed E-state index contributed by atoms with van der Waals surface area (Å²) in [6.07, 6.45) is 4.72. The number of hydrogen-bond acceptors (Lipinski definition) is 3. The second-order valence-electron chi connectivity index (χ2n) is 4.36. The molecule has 0 N–H and O–H groups in total. The molecule has 3 nitrogen and oxygen atoms in total. The lowest BCUT2D eigenvalue weighted by Gasteiger charge is -2.37. The molecule has 0 aromatic rings. The number of ether oxygens (including phenoxy) is 1. The first kappa shape index (κ1) is 9.69. The fraction of sp³-hybridized carbons (Fsp3) is 0.818. The lowest BCUT2D eigenvalue weighted by molar-refractivity contribution is -0.157. The highest BCUT2D eigenvalue weighted by Gasteiger charge is 2.41. The number of ketones is 1. The summed E-state index contributed by atoms with van der Waals surface area (Å²) in [6, 6.07) is 0. The van der Waals surface area contributed by atoms with Crippen molar-refractivity contribution in [2.45, 2.75) is 45.1 Å². The van der Waals surface area contributed by atoms with Crippen LogP contribution < -0.4 is 0 Å². The zero-order chi connectivity index (χ0) is 10.1. The van der Waals surface area contributed by atoms with Crippen molar-refractivity contribution in [3.63, 3.8) is 0 Å². The molecule has 0 radical (unpaired) electrons. The summed E-state index contributed by atoms with van der Waals surface area (Å²) in [5.41, 5.74) is 0. The van der Waals surface area contributed by atoms with E-state index in [2.05, 4.69) is 0 Å². The van der Waals surface area contributed by atoms with Crippen LogP contribution in [0.2, 0.25) is 0 Å². The number of carbonyl (C=O) groups excluding carboxylic acids is 2. The number of esters is 1. The van der Waals surface area contributed by atoms with Crippen molar-refractivity contribution in [1.82, 2.24) is 0 Å². The van der Waals surface area contributed by atoms with Crippen LogP contribution >= 0.6 is 0 Å². The van der Waals surface area contributed by atoms with E-state index in [4.69, 9.17) is 4.74 Å². The van der Waals surface area contributed by atoms with Crippen LogP contribution in [0.3, 0.4) is 0 Å². The van der Waals surface area contributed by atoms with Crippen molar-refractivity contribution in [3.05, 3.63) is 0 Å². The Morgan fingerprint density at radius 1 is 1.29 bits per heavy atom. The normalized spacial score (nSPS) is 36.6. The lowest BCUT2D eigenvalue weighted by atomic mass is 9.70. The highest BCUT2D eigenvalue weighted by molar-refractivity contribution is 5.85. The third kappa shape index (κ3) is 1.68. The van der Waals surface area contributed by atoms with Gasteiger partial charge in [-0.1, -0.05) is 6.42 Å². The molecule has 2 aliphatic rings. The average Bonchev–Trinajstić information content (AvgIpc) is 2.09. The molecule has 2 saturated carbocycles. The predicted molar refractivity (Wildman–Crippen MR) is 50.6 cm³/mol. The third-order valence-corrected chi connectivity index (χ3v) is 3.40. The zero-order valence-electron chi connectivity index (χ0n) is 8.49. The van der Waals surface area contributed by atoms with Crippen molar-refractivity contribution < 1.29 is 14.3 Å². The SMILES string of the molecule is CC(=O)O[C@@H]1CC[C@@H]2CCC[C@H]1C2=O. The van der Waals surface area contributed by atoms with Crippen molar-refractivity contribution in [2.24, 2.45) is 11.8 Å². The van der Waals surface area contributed by atoms with Gasteiger partial charge >= 0.3 is 5.97 Å². The summed E-state index contributed by atoms with van der Waals surface area (Å²) < 4.78 is 5.19. The monoisotopic (exact) mass is 196 g/mol. The van der Waals surface area contributed by atoms with E-state index in [-0.39, 0.29) is 23.9 Å². The molecular weight excluding hydrogens is 180 g/mol. The van der Waals surface area contributed by atoms with Crippen molar-refractivity contribution in [2.75, 3.05) is 0 Å². The molecule has 0 aromatic heterocycles. The van der Waals surface area contributed by atoms with Gasteiger partial charge in [-0.25, -0.2) is 0 Å². The molecule has 14 heavy (non-hydrogen) atoms. The summed E-state index contributed by atoms with van der Waals surface area (Å²) in [5.74, 6) is 0.354. The van der Waals surface area contributed by atoms with Gasteiger partial charge in [0.1, 0.15) is 11.9 Å². The van der Waals surface area contributed by atoms with Gasteiger partial charge in [0.25, 0.3) is 0 Å². The summed E-state index contributed by atoms with van der Waals surface area (Å²) >= 11 is 0. The van der Waals surface area contributed by atoms with Crippen LogP contribution in [-0.2, 0) is 14.3 Å². The van der Waals surface area contributed by atoms with E-state index in [1.54, 1.807) is 0 Å². The fourth-order valence-corrected chi connectivity index (χ4v) is 2.75. The van der Waals surface area contributed by atoms with Crippen LogP contribution in [0, 0.1) is 11.8 Å². The topological polar surface area (TPSA) is 43.4 Å². The minimum absolute atomic E-state index is 0.00593. The van der Waals surface area contributed by atoms with E-state index < -0.39 is 0 Å². The molecule has 0 saturated heterocycles. The average molecular weight is 196 g/mol. The standard InChI is InChI=1S/C11H16O3/c1-7(12)14-10-6-5-8-3-2-4-9(10)11(8)13/h8-10H,2-6H2,1H3/t8-,9+,10+/m0/s1. The Morgan fingerprint density at radius 2 is 2.07 bits per heavy atom. The number of Topliss-reactive ketones (excluding diaryl/α,β-unsaturated/α-hetero) is 1. The number of hydrogen-bond donors (Lipinski definition) is 0. The second-order valence-corrected chi connectivity index (χ2v) is 4.36. The Balaban J connectivity index is 2.06. The van der Waals surface area contributed by atoms with Crippen LogP contribution in [0.25, 0.3) is 0 Å². The highest BCUT2D eigenvalue weighted by atomic mass is 16.5. The maximum absolute atomic E-state index is 11.8. The van der Waals surface area contributed by atoms with Gasteiger partial charge in [-0.2, -0.15) is 0 Å². The van der Waals surface area contributed by atoms with Crippen LogP contribution in [0.1, 0.15) is 39.0 Å². The van der Waals surface area contributed by atoms with Gasteiger partial charge in [0.2, 0.25) is 0 Å². The molecule has 0 unspecified atom stereocenters. The summed E-state index contributed by atoms with van der Waals surface area (Å²) in [4.78, 5) is 22.7. The Hall–Kier alpha value is -0.860. The molecule has 2 fully saturated rings. The van der Waals surface area contributed by atoms with Crippen molar-refractivity contribution >= 4 is 11.8 Å². The Bertz CT molecular complexity index is 259. The van der Waals surface area contributed by atoms with Crippen LogP contribution in [0.4, 0.5) is 0 Å². The summed E-state index contributed by atoms with van der Waals surface area (Å²) in [5, 5.41) is 0. The second kappa shape index (κ2) is 3.71. The first-order valence-corrected chi connectivity index (χ1v) is 5.39. The van der Waals surface area contributed by atoms with Gasteiger partial charge in [0, 0.05) is 12.8 Å². The maximum atomic E-state index is 11.8. The quantitative estimate of drug-likeness (QED) is 0.599. The largest absolute Gasteiger partial charge is 0.462 e. The minimum atomic E-state index is -0.258. The van der Waals surface area contributed by atoms with E-state index >= 15 is 0 Å². The van der Waals surface area contributed by atoms with E-state index in [1.807, 2.05) is 0 Å². The molecule has 0 aromatic carbocycles. The molecule has 2 bridgehead atoms. The van der Waals surface area contributed by atoms with Crippen LogP contribution in [0.15, 0.2) is 0 Å². The fourth-order valence-electron chi connectivity index (χ4n) is 2.75. The van der Waals surface area contributed by atoms with Gasteiger partial charge < -0.3 is 4.74 Å². The summed E-state index contributed by atoms with van der Waals surface area (Å²) in [7, 11) is 0. The van der Waals surface area contributed by atoms with E-state index in [0.29, 0.717) is 5.78 Å². The van der Waals surface area contributed by atoms with E-state index in [0.717, 1.165) is 32.1 Å². The highest BCUT2D eigenvalue weighted by Crippen LogP contribution is 2.38. The lowest BCUT2D eigenvalue weighted by Crippen LogP contribution is -2.43. The Kier molecular flexibility index (Phi) is 2.57. The molecule has 2 aliphatic carbocycles. The smallest absolute Gasteiger partial charge is 0.302 e. The predicted octanol–water partition coefficient (Wildman–Crippen LogP) is 1.70. The van der Waals surface area contributed by atoms with Gasteiger partial charge in [0.15, 0.2) is 0 Å². The molecule has 3 atom stereocenters. The van der Waals surface area contributed by atoms with Gasteiger partial charge in [-0.15, -0.1) is 0 Å². The molecular formula is C11H16O3. The Morgan fingerprint density at radius 3 is 2.79 bits per heavy atom. The van der Waals surface area contributed by atoms with Crippen molar-refractivity contribution in [1.29, 1.82) is 0 Å². The van der Waals surface area contributed by atoms with E-state index in [9.17, 15) is 9.59 Å². The maximum Gasteiger partial charge on any atom is 0.302 e. The molecule has 78 valence electrons. The molecule has 2 rings (SSSR count). The van der Waals surface area contributed by atoms with Gasteiger partial charge in [0.05, 0.1) is 5.92 Å². The number of rotatable bonds is 1. The van der Waals surface area contributed by atoms with Crippen LogP contribution in [0.5, 0.6) is 0 Å². The first-order valence-electron chi connectivity index (χ1n) is 5.39. The number of fused-ring (bicyclic) bond motifs is 2. The molecule has 0 aliphatic heterocycles. The van der Waals surface area contributed by atoms with Gasteiger partial charge in [-0.3, -0.25) is 9.59 Å².